The number of benzene rings is 2. The number of rotatable bonds is 4. The number of hydrogen-bond donors (Lipinski definition) is 1. The Hall–Kier alpha value is -2.35. The van der Waals surface area contributed by atoms with Gasteiger partial charge in [-0.15, -0.1) is 0 Å². The zero-order valence-electron chi connectivity index (χ0n) is 11.2. The summed E-state index contributed by atoms with van der Waals surface area (Å²) in [4.78, 5) is 10.0. The van der Waals surface area contributed by atoms with Crippen molar-refractivity contribution in [3.05, 3.63) is 59.4 Å². The van der Waals surface area contributed by atoms with Crippen LogP contribution in [0.25, 0.3) is 0 Å². The van der Waals surface area contributed by atoms with E-state index in [9.17, 15) is 26.4 Å². The number of anilines is 1. The van der Waals surface area contributed by atoms with Gasteiger partial charge in [0.2, 0.25) is 0 Å². The largest absolute Gasteiger partial charge is 0.294 e. The maximum Gasteiger partial charge on any atom is 0.267 e. The summed E-state index contributed by atoms with van der Waals surface area (Å²) in [5.41, 5.74) is -0.912. The molecule has 0 saturated carbocycles. The topological polar surface area (TPSA) is 63.2 Å². The van der Waals surface area contributed by atoms with Crippen molar-refractivity contribution in [1.82, 2.24) is 0 Å². The maximum atomic E-state index is 14.0. The van der Waals surface area contributed by atoms with Crippen LogP contribution in [0.15, 0.2) is 41.3 Å². The zero-order chi connectivity index (χ0) is 16.5. The van der Waals surface area contributed by atoms with E-state index in [4.69, 9.17) is 0 Å². The molecule has 0 aromatic heterocycles. The van der Waals surface area contributed by atoms with Gasteiger partial charge in [-0.2, -0.15) is 0 Å². The number of carbonyl (C=O) groups excluding carboxylic acids is 1. The molecule has 0 radical (unpaired) electrons. The van der Waals surface area contributed by atoms with Crippen LogP contribution in [0.4, 0.5) is 18.9 Å². The van der Waals surface area contributed by atoms with Gasteiger partial charge in [0.05, 0.1) is 11.3 Å². The molecule has 116 valence electrons. The van der Waals surface area contributed by atoms with E-state index in [2.05, 4.69) is 0 Å². The molecular weight excluding hydrogens is 319 g/mol. The first-order valence-corrected chi connectivity index (χ1v) is 7.48. The van der Waals surface area contributed by atoms with Crippen LogP contribution in [0.2, 0.25) is 0 Å². The second-order valence-electron chi connectivity index (χ2n) is 4.38. The lowest BCUT2D eigenvalue weighted by Gasteiger charge is -2.11. The van der Waals surface area contributed by atoms with Crippen LogP contribution in [-0.2, 0) is 10.0 Å². The minimum atomic E-state index is -4.69. The number of nitrogens with one attached hydrogen (secondary N) is 1. The van der Waals surface area contributed by atoms with Crippen LogP contribution in [-0.4, -0.2) is 14.2 Å². The normalized spacial score (nSPS) is 11.3. The number of sulfonamides is 1. The highest BCUT2D eigenvalue weighted by molar-refractivity contribution is 7.92. The smallest absolute Gasteiger partial charge is 0.267 e. The monoisotopic (exact) mass is 329 g/mol. The van der Waals surface area contributed by atoms with Crippen molar-refractivity contribution in [3.8, 4) is 0 Å². The maximum absolute atomic E-state index is 14.0. The molecule has 0 bridgehead atoms. The van der Waals surface area contributed by atoms with Crippen molar-refractivity contribution in [2.75, 3.05) is 4.72 Å². The predicted molar refractivity (Wildman–Crippen MR) is 73.6 cm³/mol. The molecule has 4 nitrogen and oxygen atoms in total. The van der Waals surface area contributed by atoms with E-state index < -0.39 is 43.8 Å². The highest BCUT2D eigenvalue weighted by atomic mass is 32.2. The van der Waals surface area contributed by atoms with Crippen molar-refractivity contribution < 1.29 is 26.4 Å². The lowest BCUT2D eigenvalue weighted by molar-refractivity contribution is 0.101. The molecular formula is C14H10F3NO3S. The molecule has 2 aromatic carbocycles. The molecule has 8 heteroatoms. The fraction of sp³-hybridized carbons (Fsp3) is 0.0714. The fourth-order valence-electron chi connectivity index (χ4n) is 1.82. The van der Waals surface area contributed by atoms with E-state index in [1.807, 2.05) is 0 Å². The second-order valence-corrected chi connectivity index (χ2v) is 6.00. The van der Waals surface area contributed by atoms with E-state index >= 15 is 0 Å². The molecule has 1 N–H and O–H groups in total. The van der Waals surface area contributed by atoms with E-state index in [-0.39, 0.29) is 5.56 Å². The number of hydrogen-bond acceptors (Lipinski definition) is 3. The number of Topliss-reactive ketones (excluding diaryl/α,β-unsaturated/α-hetero) is 1. The third kappa shape index (κ3) is 2.96. The van der Waals surface area contributed by atoms with Crippen LogP contribution < -0.4 is 4.72 Å². The average Bonchev–Trinajstić information content (AvgIpc) is 2.40. The third-order valence-corrected chi connectivity index (χ3v) is 4.23. The van der Waals surface area contributed by atoms with Gasteiger partial charge in [0, 0.05) is 0 Å². The first-order valence-electron chi connectivity index (χ1n) is 6.00. The van der Waals surface area contributed by atoms with Gasteiger partial charge in [0.1, 0.15) is 11.6 Å². The minimum absolute atomic E-state index is 0.339. The molecule has 0 heterocycles. The summed E-state index contributed by atoms with van der Waals surface area (Å²) >= 11 is 0. The Morgan fingerprint density at radius 3 is 2.09 bits per heavy atom. The summed E-state index contributed by atoms with van der Waals surface area (Å²) in [6.07, 6.45) is 0. The van der Waals surface area contributed by atoms with E-state index in [0.29, 0.717) is 0 Å². The molecule has 0 aliphatic heterocycles. The Balaban J connectivity index is 2.51. The van der Waals surface area contributed by atoms with Gasteiger partial charge in [-0.25, -0.2) is 21.6 Å². The first kappa shape index (κ1) is 16.0. The SMILES string of the molecule is CC(=O)c1cccc(NS(=O)(=O)c2c(F)cccc2F)c1F. The summed E-state index contributed by atoms with van der Waals surface area (Å²) in [6.45, 7) is 1.10. The summed E-state index contributed by atoms with van der Waals surface area (Å²) in [6, 6.07) is 5.98. The van der Waals surface area contributed by atoms with Crippen LogP contribution in [0, 0.1) is 17.5 Å². The van der Waals surface area contributed by atoms with Gasteiger partial charge in [0.25, 0.3) is 10.0 Å². The van der Waals surface area contributed by atoms with Crippen LogP contribution >= 0.6 is 0 Å². The van der Waals surface area contributed by atoms with Gasteiger partial charge in [-0.05, 0) is 31.2 Å². The van der Waals surface area contributed by atoms with E-state index in [1.54, 1.807) is 4.72 Å². The molecule has 0 unspecified atom stereocenters. The van der Waals surface area contributed by atoms with Crippen LogP contribution in [0.5, 0.6) is 0 Å². The van der Waals surface area contributed by atoms with Gasteiger partial charge in [-0.1, -0.05) is 12.1 Å². The molecule has 22 heavy (non-hydrogen) atoms. The van der Waals surface area contributed by atoms with E-state index in [1.165, 1.54) is 12.1 Å². The van der Waals surface area contributed by atoms with Gasteiger partial charge < -0.3 is 0 Å². The quantitative estimate of drug-likeness (QED) is 0.877. The average molecular weight is 329 g/mol. The Bertz CT molecular complexity index is 830. The third-order valence-electron chi connectivity index (χ3n) is 2.81. The van der Waals surface area contributed by atoms with E-state index in [0.717, 1.165) is 31.2 Å². The van der Waals surface area contributed by atoms with Gasteiger partial charge in [-0.3, -0.25) is 9.52 Å². The molecule has 0 atom stereocenters. The summed E-state index contributed by atoms with van der Waals surface area (Å²) in [5.74, 6) is -4.35. The molecule has 0 saturated heterocycles. The van der Waals surface area contributed by atoms with Crippen molar-refractivity contribution >= 4 is 21.5 Å². The van der Waals surface area contributed by atoms with Gasteiger partial charge >= 0.3 is 0 Å². The molecule has 2 rings (SSSR count). The Morgan fingerprint density at radius 1 is 1.00 bits per heavy atom. The minimum Gasteiger partial charge on any atom is -0.294 e. The standard InChI is InChI=1S/C14H10F3NO3S/c1-8(19)9-4-2-7-12(13(9)17)18-22(20,21)14-10(15)5-3-6-11(14)16/h2-7,18H,1H3. The molecule has 0 fully saturated rings. The lowest BCUT2D eigenvalue weighted by atomic mass is 10.1. The summed E-state index contributed by atoms with van der Waals surface area (Å²) < 4.78 is 66.9. The molecule has 0 amide bonds. The van der Waals surface area contributed by atoms with Crippen LogP contribution in [0.1, 0.15) is 17.3 Å². The number of ketones is 1. The lowest BCUT2D eigenvalue weighted by Crippen LogP contribution is -2.18. The summed E-state index contributed by atoms with van der Waals surface area (Å²) in [5, 5.41) is 0. The van der Waals surface area contributed by atoms with Crippen molar-refractivity contribution in [2.24, 2.45) is 0 Å². The predicted octanol–water partition coefficient (Wildman–Crippen LogP) is 3.11. The molecule has 2 aromatic rings. The highest BCUT2D eigenvalue weighted by Gasteiger charge is 2.25. The number of carbonyl (C=O) groups is 1. The van der Waals surface area contributed by atoms with Crippen molar-refractivity contribution in [1.29, 1.82) is 0 Å². The molecule has 0 aliphatic carbocycles. The Kier molecular flexibility index (Phi) is 4.23. The molecule has 0 aliphatic rings. The van der Waals surface area contributed by atoms with Crippen LogP contribution in [0.3, 0.4) is 0 Å². The Morgan fingerprint density at radius 2 is 1.55 bits per heavy atom. The zero-order valence-corrected chi connectivity index (χ0v) is 12.0. The Labute approximate surface area is 124 Å². The first-order chi connectivity index (χ1) is 10.2. The van der Waals surface area contributed by atoms with Crippen molar-refractivity contribution in [3.63, 3.8) is 0 Å². The fourth-order valence-corrected chi connectivity index (χ4v) is 3.02. The van der Waals surface area contributed by atoms with Gasteiger partial charge in [0.15, 0.2) is 16.5 Å². The second kappa shape index (κ2) is 5.80. The highest BCUT2D eigenvalue weighted by Crippen LogP contribution is 2.24. The van der Waals surface area contributed by atoms with Crippen molar-refractivity contribution in [2.45, 2.75) is 11.8 Å². The summed E-state index contributed by atoms with van der Waals surface area (Å²) in [7, 11) is -4.69. The number of halogens is 3. The molecule has 0 spiro atoms.